The molecule has 1 unspecified atom stereocenters. The maximum atomic E-state index is 12.4. The summed E-state index contributed by atoms with van der Waals surface area (Å²) >= 11 is 0. The molecule has 0 spiro atoms. The molecule has 1 aromatic carbocycles. The monoisotopic (exact) mass is 297 g/mol. The number of hydrogen-bond acceptors (Lipinski definition) is 6. The Kier molecular flexibility index (Phi) is 3.39. The van der Waals surface area contributed by atoms with Gasteiger partial charge in [0.2, 0.25) is 5.76 Å². The van der Waals surface area contributed by atoms with Crippen molar-refractivity contribution in [3.8, 4) is 11.8 Å². The normalized spacial score (nSPS) is 19.0. The van der Waals surface area contributed by atoms with Crippen molar-refractivity contribution in [2.45, 2.75) is 13.0 Å². The molecule has 6 nitrogen and oxygen atoms in total. The highest BCUT2D eigenvalue weighted by Gasteiger charge is 2.40. The van der Waals surface area contributed by atoms with E-state index in [0.717, 1.165) is 6.26 Å². The minimum atomic E-state index is -0.958. The van der Waals surface area contributed by atoms with E-state index in [9.17, 15) is 14.9 Å². The predicted molar refractivity (Wildman–Crippen MR) is 73.6 cm³/mol. The van der Waals surface area contributed by atoms with Gasteiger partial charge in [-0.05, 0) is 19.1 Å². The number of nitrogens with zero attached hydrogens (tertiary/aromatic N) is 1. The molecule has 2 heterocycles. The maximum absolute atomic E-state index is 12.4. The molecule has 0 saturated heterocycles. The number of esters is 1. The van der Waals surface area contributed by atoms with Crippen molar-refractivity contribution in [3.05, 3.63) is 53.0 Å². The van der Waals surface area contributed by atoms with Gasteiger partial charge in [-0.1, -0.05) is 12.1 Å². The smallest absolute Gasteiger partial charge is 0.375 e. The lowest BCUT2D eigenvalue weighted by molar-refractivity contribution is -0.141. The van der Waals surface area contributed by atoms with E-state index in [4.69, 9.17) is 14.2 Å². The molecule has 1 aromatic rings. The van der Waals surface area contributed by atoms with Crippen LogP contribution in [0.2, 0.25) is 0 Å². The van der Waals surface area contributed by atoms with Crippen LogP contribution in [-0.2, 0) is 14.3 Å². The topological polar surface area (TPSA) is 85.6 Å². The van der Waals surface area contributed by atoms with Crippen LogP contribution in [0.15, 0.2) is 47.4 Å². The number of para-hydroxylation sites is 1. The fourth-order valence-corrected chi connectivity index (χ4v) is 2.32. The van der Waals surface area contributed by atoms with Gasteiger partial charge in [-0.25, -0.2) is 4.79 Å². The fourth-order valence-electron chi connectivity index (χ4n) is 2.32. The van der Waals surface area contributed by atoms with Crippen LogP contribution in [0.3, 0.4) is 0 Å². The molecule has 0 aliphatic carbocycles. The van der Waals surface area contributed by atoms with Crippen molar-refractivity contribution in [1.82, 2.24) is 0 Å². The highest BCUT2D eigenvalue weighted by molar-refractivity contribution is 6.13. The summed E-state index contributed by atoms with van der Waals surface area (Å²) in [6, 6.07) is 8.59. The molecule has 110 valence electrons. The number of ether oxygens (including phenoxy) is 3. The highest BCUT2D eigenvalue weighted by atomic mass is 16.6. The molecule has 22 heavy (non-hydrogen) atoms. The second-order valence-corrected chi connectivity index (χ2v) is 4.59. The molecule has 0 N–H and O–H groups in total. The van der Waals surface area contributed by atoms with Crippen molar-refractivity contribution >= 4 is 11.8 Å². The number of hydrogen-bond donors (Lipinski definition) is 0. The molecule has 0 radical (unpaired) electrons. The first-order chi connectivity index (χ1) is 10.7. The van der Waals surface area contributed by atoms with Gasteiger partial charge in [-0.3, -0.25) is 4.79 Å². The average molecular weight is 297 g/mol. The average Bonchev–Trinajstić information content (AvgIpc) is 2.54. The third-order valence-corrected chi connectivity index (χ3v) is 3.31. The molecule has 0 amide bonds. The number of rotatable bonds is 2. The van der Waals surface area contributed by atoms with Crippen molar-refractivity contribution in [1.29, 1.82) is 5.26 Å². The van der Waals surface area contributed by atoms with Gasteiger partial charge in [-0.15, -0.1) is 0 Å². The van der Waals surface area contributed by atoms with Gasteiger partial charge in [0.05, 0.1) is 17.7 Å². The van der Waals surface area contributed by atoms with E-state index in [1.54, 1.807) is 31.2 Å². The Morgan fingerprint density at radius 2 is 2.18 bits per heavy atom. The zero-order chi connectivity index (χ0) is 15.7. The molecular formula is C16H11NO5. The van der Waals surface area contributed by atoms with E-state index in [1.165, 1.54) is 0 Å². The quantitative estimate of drug-likeness (QED) is 0.775. The first kappa shape index (κ1) is 13.9. The molecule has 6 heteroatoms. The molecule has 1 atom stereocenters. The predicted octanol–water partition coefficient (Wildman–Crippen LogP) is 1.89. The first-order valence-corrected chi connectivity index (χ1v) is 6.65. The Morgan fingerprint density at radius 3 is 2.91 bits per heavy atom. The third kappa shape index (κ3) is 2.04. The van der Waals surface area contributed by atoms with Gasteiger partial charge in [0.15, 0.2) is 11.9 Å². The van der Waals surface area contributed by atoms with Crippen molar-refractivity contribution < 1.29 is 23.8 Å². The number of carbonyl (C=O) groups excluding carboxylic acids is 2. The van der Waals surface area contributed by atoms with Gasteiger partial charge < -0.3 is 14.2 Å². The first-order valence-electron chi connectivity index (χ1n) is 6.65. The number of carbonyl (C=O) groups is 2. The van der Waals surface area contributed by atoms with E-state index < -0.39 is 12.1 Å². The maximum Gasteiger partial charge on any atom is 0.375 e. The van der Waals surface area contributed by atoms with Crippen molar-refractivity contribution in [3.63, 3.8) is 0 Å². The van der Waals surface area contributed by atoms with Gasteiger partial charge in [-0.2, -0.15) is 5.26 Å². The summed E-state index contributed by atoms with van der Waals surface area (Å²) in [6.45, 7) is 1.79. The van der Waals surface area contributed by atoms with Crippen LogP contribution in [0.5, 0.6) is 5.75 Å². The van der Waals surface area contributed by atoms with E-state index in [1.807, 2.05) is 6.07 Å². The van der Waals surface area contributed by atoms with Crippen molar-refractivity contribution in [2.24, 2.45) is 0 Å². The Labute approximate surface area is 126 Å². The van der Waals surface area contributed by atoms with Gasteiger partial charge >= 0.3 is 5.97 Å². The Hall–Kier alpha value is -3.07. The second kappa shape index (κ2) is 5.37. The second-order valence-electron chi connectivity index (χ2n) is 4.59. The molecular weight excluding hydrogens is 286 g/mol. The Balaban J connectivity index is 2.06. The van der Waals surface area contributed by atoms with Crippen LogP contribution < -0.4 is 4.74 Å². The molecule has 3 rings (SSSR count). The number of Topliss-reactive ketones (excluding diaryl/α,β-unsaturated/α-hetero) is 1. The molecule has 0 fully saturated rings. The lowest BCUT2D eigenvalue weighted by Crippen LogP contribution is -2.35. The van der Waals surface area contributed by atoms with Gasteiger partial charge in [0, 0.05) is 0 Å². The fraction of sp³-hybridized carbons (Fsp3) is 0.188. The van der Waals surface area contributed by atoms with E-state index in [0.29, 0.717) is 11.3 Å². The van der Waals surface area contributed by atoms with Crippen LogP contribution in [0.25, 0.3) is 0 Å². The number of benzene rings is 1. The van der Waals surface area contributed by atoms with E-state index in [-0.39, 0.29) is 29.3 Å². The summed E-state index contributed by atoms with van der Waals surface area (Å²) in [7, 11) is 0. The van der Waals surface area contributed by atoms with Crippen molar-refractivity contribution in [2.75, 3.05) is 6.61 Å². The zero-order valence-electron chi connectivity index (χ0n) is 11.7. The molecule has 0 saturated carbocycles. The molecule has 2 aliphatic rings. The largest absolute Gasteiger partial charge is 0.479 e. The summed E-state index contributed by atoms with van der Waals surface area (Å²) in [5, 5.41) is 9.34. The summed E-state index contributed by atoms with van der Waals surface area (Å²) in [5.74, 6) is -0.926. The summed E-state index contributed by atoms with van der Waals surface area (Å²) in [6.07, 6.45) is 0.191. The molecule has 2 aliphatic heterocycles. The number of ketones is 1. The highest BCUT2D eigenvalue weighted by Crippen LogP contribution is 2.36. The lowest BCUT2D eigenvalue weighted by atomic mass is 9.90. The third-order valence-electron chi connectivity index (χ3n) is 3.31. The summed E-state index contributed by atoms with van der Waals surface area (Å²) in [4.78, 5) is 24.3. The molecule has 0 aromatic heterocycles. The minimum Gasteiger partial charge on any atom is -0.479 e. The lowest BCUT2D eigenvalue weighted by Gasteiger charge is -2.29. The Morgan fingerprint density at radius 1 is 1.41 bits per heavy atom. The van der Waals surface area contributed by atoms with Crippen LogP contribution >= 0.6 is 0 Å². The SMILES string of the molecule is CCOC(=O)C1=C(C#N)C2Oc3ccccc3C(=O)C2=CO1. The number of fused-ring (bicyclic) bond motifs is 2. The summed E-state index contributed by atoms with van der Waals surface area (Å²) < 4.78 is 15.7. The van der Waals surface area contributed by atoms with Crippen LogP contribution in [0, 0.1) is 11.3 Å². The van der Waals surface area contributed by atoms with E-state index in [2.05, 4.69) is 0 Å². The Bertz CT molecular complexity index is 769. The van der Waals surface area contributed by atoms with E-state index >= 15 is 0 Å². The van der Waals surface area contributed by atoms with Crippen LogP contribution in [-0.4, -0.2) is 24.5 Å². The standard InChI is InChI=1S/C16H11NO5/c1-2-20-16(19)15-10(7-17)14-11(8-21-15)13(18)9-5-3-4-6-12(9)22-14/h3-6,8,14H,2H2,1H3. The number of nitriles is 1. The van der Waals surface area contributed by atoms with Crippen LogP contribution in [0.1, 0.15) is 17.3 Å². The minimum absolute atomic E-state index is 0.0706. The van der Waals surface area contributed by atoms with Crippen LogP contribution in [0.4, 0.5) is 0 Å². The summed E-state index contributed by atoms with van der Waals surface area (Å²) in [5.41, 5.74) is 0.507. The molecule has 0 bridgehead atoms. The van der Waals surface area contributed by atoms with Gasteiger partial charge in [0.25, 0.3) is 0 Å². The zero-order valence-corrected chi connectivity index (χ0v) is 11.7. The van der Waals surface area contributed by atoms with Gasteiger partial charge in [0.1, 0.15) is 23.7 Å².